The Kier molecular flexibility index (Phi) is 7.78. The van der Waals surface area contributed by atoms with Gasteiger partial charge in [0.1, 0.15) is 11.5 Å². The molecule has 2 aromatic rings. The van der Waals surface area contributed by atoms with Crippen LogP contribution < -0.4 is 10.2 Å². The van der Waals surface area contributed by atoms with E-state index in [1.807, 2.05) is 0 Å². The third kappa shape index (κ3) is 5.52. The number of ether oxygens (including phenoxy) is 2. The second-order valence-electron chi connectivity index (χ2n) is 10.4. The SMILES string of the molecule is CCC1(C)OB(c2ccc(C(CCC3C=CC(OC)=CC3)c3ccc(OC)cc3)cc2)OC1(C)C. The average Bonchev–Trinajstić information content (AvgIpc) is 3.14. The summed E-state index contributed by atoms with van der Waals surface area (Å²) >= 11 is 0. The van der Waals surface area contributed by atoms with E-state index in [0.717, 1.165) is 42.7 Å². The molecule has 2 aromatic carbocycles. The van der Waals surface area contributed by atoms with Gasteiger partial charge in [-0.3, -0.25) is 0 Å². The average molecular weight is 474 g/mol. The van der Waals surface area contributed by atoms with E-state index in [4.69, 9.17) is 18.8 Å². The van der Waals surface area contributed by atoms with Crippen LogP contribution in [-0.2, 0) is 14.0 Å². The predicted octanol–water partition coefficient (Wildman–Crippen LogP) is 6.40. The Morgan fingerprint density at radius 1 is 0.943 bits per heavy atom. The highest BCUT2D eigenvalue weighted by Gasteiger charge is 2.53. The molecule has 1 aliphatic carbocycles. The van der Waals surface area contributed by atoms with Crippen LogP contribution in [0.15, 0.2) is 72.5 Å². The molecule has 4 nitrogen and oxygen atoms in total. The van der Waals surface area contributed by atoms with Gasteiger partial charge in [-0.05, 0) is 93.2 Å². The molecule has 1 fully saturated rings. The van der Waals surface area contributed by atoms with Crippen LogP contribution in [0.4, 0.5) is 0 Å². The van der Waals surface area contributed by atoms with Crippen molar-refractivity contribution in [2.24, 2.45) is 5.92 Å². The smallest absolute Gasteiger partial charge is 0.494 e. The van der Waals surface area contributed by atoms with Crippen LogP contribution in [0.25, 0.3) is 0 Å². The highest BCUT2D eigenvalue weighted by Crippen LogP contribution is 2.39. The summed E-state index contributed by atoms with van der Waals surface area (Å²) in [5.41, 5.74) is 3.05. The molecule has 3 atom stereocenters. The van der Waals surface area contributed by atoms with Crippen LogP contribution >= 0.6 is 0 Å². The maximum absolute atomic E-state index is 6.40. The zero-order valence-electron chi connectivity index (χ0n) is 22.0. The number of hydrogen-bond acceptors (Lipinski definition) is 4. The van der Waals surface area contributed by atoms with Crippen LogP contribution in [-0.4, -0.2) is 32.5 Å². The molecule has 3 unspecified atom stereocenters. The van der Waals surface area contributed by atoms with Crippen LogP contribution in [0.5, 0.6) is 5.75 Å². The van der Waals surface area contributed by atoms with Gasteiger partial charge in [0.05, 0.1) is 25.4 Å². The molecule has 4 rings (SSSR count). The second kappa shape index (κ2) is 10.6. The zero-order chi connectivity index (χ0) is 25.1. The summed E-state index contributed by atoms with van der Waals surface area (Å²) in [4.78, 5) is 0. The minimum absolute atomic E-state index is 0.299. The highest BCUT2D eigenvalue weighted by molar-refractivity contribution is 6.62. The fourth-order valence-corrected chi connectivity index (χ4v) is 5.08. The molecular weight excluding hydrogens is 435 g/mol. The molecule has 1 heterocycles. The summed E-state index contributed by atoms with van der Waals surface area (Å²) in [6.07, 6.45) is 10.7. The Morgan fingerprint density at radius 3 is 2.11 bits per heavy atom. The second-order valence-corrected chi connectivity index (χ2v) is 10.4. The molecule has 1 aliphatic heterocycles. The van der Waals surface area contributed by atoms with Crippen molar-refractivity contribution < 1.29 is 18.8 Å². The van der Waals surface area contributed by atoms with Crippen molar-refractivity contribution >= 4 is 12.6 Å². The monoisotopic (exact) mass is 474 g/mol. The third-order valence-electron chi connectivity index (χ3n) is 8.06. The first-order chi connectivity index (χ1) is 16.8. The molecule has 35 heavy (non-hydrogen) atoms. The van der Waals surface area contributed by atoms with Gasteiger partial charge in [-0.25, -0.2) is 0 Å². The van der Waals surface area contributed by atoms with E-state index in [-0.39, 0.29) is 18.3 Å². The fraction of sp³-hybridized carbons (Fsp3) is 0.467. The molecule has 0 aromatic heterocycles. The van der Waals surface area contributed by atoms with Crippen molar-refractivity contribution in [2.45, 2.75) is 70.5 Å². The molecule has 0 spiro atoms. The van der Waals surface area contributed by atoms with Gasteiger partial charge in [0.15, 0.2) is 0 Å². The lowest BCUT2D eigenvalue weighted by atomic mass is 9.77. The minimum Gasteiger partial charge on any atom is -0.497 e. The Labute approximate surface area is 211 Å². The maximum Gasteiger partial charge on any atom is 0.494 e. The number of methoxy groups -OCH3 is 2. The Morgan fingerprint density at radius 2 is 1.60 bits per heavy atom. The van der Waals surface area contributed by atoms with Crippen molar-refractivity contribution in [1.29, 1.82) is 0 Å². The van der Waals surface area contributed by atoms with Crippen molar-refractivity contribution in [2.75, 3.05) is 14.2 Å². The number of rotatable bonds is 9. The predicted molar refractivity (Wildman–Crippen MR) is 143 cm³/mol. The van der Waals surface area contributed by atoms with Gasteiger partial charge in [0.2, 0.25) is 0 Å². The van der Waals surface area contributed by atoms with E-state index in [2.05, 4.69) is 94.5 Å². The van der Waals surface area contributed by atoms with Crippen LogP contribution in [0.2, 0.25) is 0 Å². The largest absolute Gasteiger partial charge is 0.497 e. The van der Waals surface area contributed by atoms with E-state index in [0.29, 0.717) is 11.8 Å². The molecular formula is C30H39BO4. The van der Waals surface area contributed by atoms with Crippen molar-refractivity contribution in [3.63, 3.8) is 0 Å². The third-order valence-corrected chi connectivity index (χ3v) is 8.06. The summed E-state index contributed by atoms with van der Waals surface area (Å²) in [5, 5.41) is 0. The highest BCUT2D eigenvalue weighted by atomic mass is 16.7. The van der Waals surface area contributed by atoms with Crippen LogP contribution in [0.3, 0.4) is 0 Å². The first-order valence-electron chi connectivity index (χ1n) is 12.8. The molecule has 0 radical (unpaired) electrons. The maximum atomic E-state index is 6.40. The van der Waals surface area contributed by atoms with Gasteiger partial charge in [-0.15, -0.1) is 0 Å². The zero-order valence-corrected chi connectivity index (χ0v) is 22.0. The van der Waals surface area contributed by atoms with E-state index < -0.39 is 0 Å². The lowest BCUT2D eigenvalue weighted by Gasteiger charge is -2.35. The molecule has 2 aliphatic rings. The molecule has 0 bridgehead atoms. The van der Waals surface area contributed by atoms with Crippen LogP contribution in [0, 0.1) is 5.92 Å². The first kappa shape index (κ1) is 25.6. The van der Waals surface area contributed by atoms with Crippen molar-refractivity contribution in [1.82, 2.24) is 0 Å². The Hall–Kier alpha value is -2.50. The van der Waals surface area contributed by atoms with Crippen molar-refractivity contribution in [3.8, 4) is 5.75 Å². The lowest BCUT2D eigenvalue weighted by Crippen LogP contribution is -2.44. The number of benzene rings is 2. The van der Waals surface area contributed by atoms with Gasteiger partial charge in [0, 0.05) is 5.92 Å². The first-order valence-corrected chi connectivity index (χ1v) is 12.8. The molecule has 5 heteroatoms. The summed E-state index contributed by atoms with van der Waals surface area (Å²) < 4.78 is 23.5. The van der Waals surface area contributed by atoms with Gasteiger partial charge >= 0.3 is 7.12 Å². The molecule has 186 valence electrons. The summed E-state index contributed by atoms with van der Waals surface area (Å²) in [6, 6.07) is 17.3. The topological polar surface area (TPSA) is 36.9 Å². The van der Waals surface area contributed by atoms with Crippen molar-refractivity contribution in [3.05, 3.63) is 83.6 Å². The minimum atomic E-state index is -0.336. The number of allylic oxidation sites excluding steroid dienone is 3. The molecule has 0 amide bonds. The van der Waals surface area contributed by atoms with Gasteiger partial charge in [-0.1, -0.05) is 49.4 Å². The van der Waals surface area contributed by atoms with E-state index >= 15 is 0 Å². The van der Waals surface area contributed by atoms with E-state index in [1.54, 1.807) is 14.2 Å². The normalized spacial score (nSPS) is 24.2. The van der Waals surface area contributed by atoms with E-state index in [1.165, 1.54) is 11.1 Å². The van der Waals surface area contributed by atoms with E-state index in [9.17, 15) is 0 Å². The molecule has 0 N–H and O–H groups in total. The quantitative estimate of drug-likeness (QED) is 0.394. The standard InChI is InChI=1S/C30H39BO4/c1-7-30(4)29(2,3)34-31(35-30)25-15-11-23(12-16-25)28(24-13-19-27(33-6)20-14-24)21-10-22-8-17-26(32-5)18-9-22/h8,11-20,22,28H,7,9-10,21H2,1-6H3. The summed E-state index contributed by atoms with van der Waals surface area (Å²) in [7, 11) is 3.10. The van der Waals surface area contributed by atoms with Gasteiger partial charge < -0.3 is 18.8 Å². The Bertz CT molecular complexity index is 1040. The lowest BCUT2D eigenvalue weighted by molar-refractivity contribution is -0.0118. The number of hydrogen-bond donors (Lipinski definition) is 0. The Balaban J connectivity index is 1.53. The molecule has 1 saturated heterocycles. The van der Waals surface area contributed by atoms with Gasteiger partial charge in [-0.2, -0.15) is 0 Å². The van der Waals surface area contributed by atoms with Crippen LogP contribution in [0.1, 0.15) is 70.4 Å². The summed E-state index contributed by atoms with van der Waals surface area (Å²) in [5.74, 6) is 2.68. The molecule has 0 saturated carbocycles. The van der Waals surface area contributed by atoms with Gasteiger partial charge in [0.25, 0.3) is 0 Å². The summed E-state index contributed by atoms with van der Waals surface area (Å²) in [6.45, 7) is 8.54. The fourth-order valence-electron chi connectivity index (χ4n) is 5.08.